The average Bonchev–Trinajstić information content (AvgIpc) is 3.37. The smallest absolute Gasteiger partial charge is 0.342 e. The van der Waals surface area contributed by atoms with Crippen molar-refractivity contribution in [2.24, 2.45) is 0 Å². The van der Waals surface area contributed by atoms with Crippen molar-refractivity contribution in [1.82, 2.24) is 10.2 Å². The number of nitro benzene ring substituents is 1. The molecule has 0 radical (unpaired) electrons. The Kier molecular flexibility index (Phi) is 7.74. The second-order valence-electron chi connectivity index (χ2n) is 7.94. The fourth-order valence-electron chi connectivity index (χ4n) is 3.86. The van der Waals surface area contributed by atoms with Crippen LogP contribution in [-0.4, -0.2) is 53.5 Å². The van der Waals surface area contributed by atoms with Crippen LogP contribution < -0.4 is 14.4 Å². The molecule has 2 aromatic carbocycles. The van der Waals surface area contributed by atoms with Gasteiger partial charge in [-0.2, -0.15) is 0 Å². The van der Waals surface area contributed by atoms with Gasteiger partial charge in [-0.15, -0.1) is 10.2 Å². The highest BCUT2D eigenvalue weighted by Crippen LogP contribution is 2.35. The van der Waals surface area contributed by atoms with Gasteiger partial charge >= 0.3 is 5.97 Å². The Labute approximate surface area is 210 Å². The van der Waals surface area contributed by atoms with Crippen molar-refractivity contribution < 1.29 is 28.7 Å². The standard InChI is InChI=1S/C24H24N4O7S/c1-33-18-11-16(12-19(14-18)34-2)22-25-26-24(35-22)36-21(23(29)30)13-15-10-17(28(31)32)6-7-20(15)27-8-4-3-5-9-27/h6-7,10-14H,3-5,8-9H2,1-2H3,(H,29,30)/b21-13+. The largest absolute Gasteiger partial charge is 0.497 e. The van der Waals surface area contributed by atoms with E-state index in [1.54, 1.807) is 24.3 Å². The van der Waals surface area contributed by atoms with Gasteiger partial charge in [-0.3, -0.25) is 10.1 Å². The molecule has 2 heterocycles. The first-order chi connectivity index (χ1) is 17.4. The van der Waals surface area contributed by atoms with Crippen LogP contribution in [0.3, 0.4) is 0 Å². The molecule has 1 fully saturated rings. The number of thioether (sulfide) groups is 1. The van der Waals surface area contributed by atoms with Gasteiger partial charge in [0, 0.05) is 48.1 Å². The van der Waals surface area contributed by atoms with Crippen LogP contribution in [0.15, 0.2) is 50.9 Å². The molecule has 188 valence electrons. The number of hydrogen-bond donors (Lipinski definition) is 1. The lowest BCUT2D eigenvalue weighted by Gasteiger charge is -2.30. The predicted molar refractivity (Wildman–Crippen MR) is 133 cm³/mol. The zero-order valence-corrected chi connectivity index (χ0v) is 20.5. The molecule has 0 spiro atoms. The molecule has 3 aromatic rings. The molecule has 1 aliphatic rings. The van der Waals surface area contributed by atoms with Crippen LogP contribution in [-0.2, 0) is 4.79 Å². The first-order valence-electron chi connectivity index (χ1n) is 11.1. The highest BCUT2D eigenvalue weighted by Gasteiger charge is 2.21. The molecular weight excluding hydrogens is 488 g/mol. The third-order valence-corrected chi connectivity index (χ3v) is 6.47. The summed E-state index contributed by atoms with van der Waals surface area (Å²) in [5.74, 6) is -0.0136. The molecule has 1 aliphatic heterocycles. The van der Waals surface area contributed by atoms with E-state index in [-0.39, 0.29) is 21.7 Å². The first-order valence-corrected chi connectivity index (χ1v) is 11.9. The summed E-state index contributed by atoms with van der Waals surface area (Å²) in [4.78, 5) is 25.0. The maximum atomic E-state index is 12.1. The molecule has 1 N–H and O–H groups in total. The van der Waals surface area contributed by atoms with E-state index in [0.29, 0.717) is 22.6 Å². The van der Waals surface area contributed by atoms with E-state index < -0.39 is 10.9 Å². The van der Waals surface area contributed by atoms with Crippen molar-refractivity contribution >= 4 is 35.2 Å². The number of non-ortho nitro benzene ring substituents is 1. The summed E-state index contributed by atoms with van der Waals surface area (Å²) < 4.78 is 16.2. The second-order valence-corrected chi connectivity index (χ2v) is 8.93. The summed E-state index contributed by atoms with van der Waals surface area (Å²) in [6, 6.07) is 9.55. The van der Waals surface area contributed by atoms with E-state index in [1.807, 2.05) is 0 Å². The molecule has 11 nitrogen and oxygen atoms in total. The van der Waals surface area contributed by atoms with E-state index in [0.717, 1.165) is 49.8 Å². The van der Waals surface area contributed by atoms with Gasteiger partial charge in [0.1, 0.15) is 16.4 Å². The summed E-state index contributed by atoms with van der Waals surface area (Å²) in [6.07, 6.45) is 4.52. The Morgan fingerprint density at radius 1 is 1.11 bits per heavy atom. The molecule has 0 aliphatic carbocycles. The summed E-state index contributed by atoms with van der Waals surface area (Å²) in [5, 5.41) is 29.2. The lowest BCUT2D eigenvalue weighted by atomic mass is 10.1. The van der Waals surface area contributed by atoms with E-state index in [4.69, 9.17) is 13.9 Å². The third kappa shape index (κ3) is 5.77. The van der Waals surface area contributed by atoms with Crippen molar-refractivity contribution in [3.05, 3.63) is 57.0 Å². The highest BCUT2D eigenvalue weighted by molar-refractivity contribution is 8.03. The van der Waals surface area contributed by atoms with E-state index in [9.17, 15) is 20.0 Å². The van der Waals surface area contributed by atoms with Crippen LogP contribution in [0.4, 0.5) is 11.4 Å². The summed E-state index contributed by atoms with van der Waals surface area (Å²) in [5.41, 5.74) is 1.60. The van der Waals surface area contributed by atoms with Crippen LogP contribution in [0.25, 0.3) is 17.5 Å². The normalized spacial score (nSPS) is 13.9. The molecule has 0 atom stereocenters. The van der Waals surface area contributed by atoms with Crippen molar-refractivity contribution in [3.8, 4) is 23.0 Å². The molecule has 0 amide bonds. The third-order valence-electron chi connectivity index (χ3n) is 5.62. The lowest BCUT2D eigenvalue weighted by molar-refractivity contribution is -0.384. The van der Waals surface area contributed by atoms with E-state index >= 15 is 0 Å². The predicted octanol–water partition coefficient (Wildman–Crippen LogP) is 4.87. The number of carboxylic acid groups (broad SMARTS) is 1. The van der Waals surface area contributed by atoms with Crippen LogP contribution in [0, 0.1) is 10.1 Å². The number of aromatic nitrogens is 2. The molecule has 1 saturated heterocycles. The molecule has 0 bridgehead atoms. The topological polar surface area (TPSA) is 141 Å². The number of hydrogen-bond acceptors (Lipinski definition) is 10. The van der Waals surface area contributed by atoms with Gasteiger partial charge < -0.3 is 23.9 Å². The Bertz CT molecular complexity index is 1280. The van der Waals surface area contributed by atoms with Crippen molar-refractivity contribution in [1.29, 1.82) is 0 Å². The Morgan fingerprint density at radius 3 is 2.42 bits per heavy atom. The van der Waals surface area contributed by atoms with Gasteiger partial charge in [-0.1, -0.05) is 0 Å². The van der Waals surface area contributed by atoms with Crippen molar-refractivity contribution in [2.45, 2.75) is 24.5 Å². The first kappa shape index (κ1) is 25.0. The Morgan fingerprint density at radius 2 is 1.81 bits per heavy atom. The van der Waals surface area contributed by atoms with Gasteiger partial charge in [0.25, 0.3) is 10.9 Å². The summed E-state index contributed by atoms with van der Waals surface area (Å²) in [7, 11) is 3.04. The number of carbonyl (C=O) groups is 1. The van der Waals surface area contributed by atoms with E-state index in [2.05, 4.69) is 15.1 Å². The fraction of sp³-hybridized carbons (Fsp3) is 0.292. The number of nitro groups is 1. The number of carboxylic acids is 1. The maximum absolute atomic E-state index is 12.1. The molecule has 4 rings (SSSR count). The lowest BCUT2D eigenvalue weighted by Crippen LogP contribution is -2.29. The Hall–Kier alpha value is -4.06. The Balaban J connectivity index is 1.67. The van der Waals surface area contributed by atoms with Gasteiger partial charge in [0.05, 0.1) is 19.1 Å². The zero-order valence-electron chi connectivity index (χ0n) is 19.7. The number of rotatable bonds is 9. The maximum Gasteiger partial charge on any atom is 0.342 e. The van der Waals surface area contributed by atoms with Gasteiger partial charge in [-0.25, -0.2) is 4.79 Å². The van der Waals surface area contributed by atoms with Crippen LogP contribution >= 0.6 is 11.8 Å². The minimum absolute atomic E-state index is 0.00499. The number of aliphatic carboxylic acids is 1. The molecule has 12 heteroatoms. The molecule has 36 heavy (non-hydrogen) atoms. The average molecular weight is 513 g/mol. The monoisotopic (exact) mass is 512 g/mol. The second kappa shape index (κ2) is 11.1. The molecular formula is C24H24N4O7S. The van der Waals surface area contributed by atoms with Crippen LogP contribution in [0.5, 0.6) is 11.5 Å². The molecule has 0 saturated carbocycles. The number of benzene rings is 2. The van der Waals surface area contributed by atoms with Crippen molar-refractivity contribution in [2.75, 3.05) is 32.2 Å². The number of anilines is 1. The number of ether oxygens (including phenoxy) is 2. The quantitative estimate of drug-likeness (QED) is 0.182. The SMILES string of the molecule is COc1cc(OC)cc(-c2nnc(S/C(=C/c3cc([N+](=O)[O-])ccc3N3CCCCC3)C(=O)O)o2)c1. The number of methoxy groups -OCH3 is 2. The summed E-state index contributed by atoms with van der Waals surface area (Å²) >= 11 is 0.767. The zero-order chi connectivity index (χ0) is 25.7. The number of piperidine rings is 1. The van der Waals surface area contributed by atoms with Crippen LogP contribution in [0.1, 0.15) is 24.8 Å². The van der Waals surface area contributed by atoms with Gasteiger partial charge in [0.2, 0.25) is 5.89 Å². The molecule has 0 unspecified atom stereocenters. The summed E-state index contributed by atoms with van der Waals surface area (Å²) in [6.45, 7) is 1.59. The highest BCUT2D eigenvalue weighted by atomic mass is 32.2. The van der Waals surface area contributed by atoms with Crippen LogP contribution in [0.2, 0.25) is 0 Å². The van der Waals surface area contributed by atoms with E-state index in [1.165, 1.54) is 32.4 Å². The fourth-order valence-corrected chi connectivity index (χ4v) is 4.53. The van der Waals surface area contributed by atoms with Crippen molar-refractivity contribution in [3.63, 3.8) is 0 Å². The number of nitrogens with zero attached hydrogens (tertiary/aromatic N) is 4. The van der Waals surface area contributed by atoms with Gasteiger partial charge in [0.15, 0.2) is 0 Å². The minimum atomic E-state index is -1.22. The van der Waals surface area contributed by atoms with Gasteiger partial charge in [-0.05, 0) is 55.3 Å². The minimum Gasteiger partial charge on any atom is -0.497 e. The molecule has 1 aromatic heterocycles.